The predicted molar refractivity (Wildman–Crippen MR) is 43.8 cm³/mol. The van der Waals surface area contributed by atoms with Crippen molar-refractivity contribution in [1.29, 1.82) is 0 Å². The summed E-state index contributed by atoms with van der Waals surface area (Å²) >= 11 is 0. The molecule has 0 aliphatic carbocycles. The minimum Gasteiger partial charge on any atom is -0.367 e. The first-order valence-corrected chi connectivity index (χ1v) is 4.90. The highest BCUT2D eigenvalue weighted by molar-refractivity contribution is 8.21. The second-order valence-electron chi connectivity index (χ2n) is 1.88. The Morgan fingerprint density at radius 1 is 1.67 bits per heavy atom. The zero-order valence-corrected chi connectivity index (χ0v) is 7.47. The van der Waals surface area contributed by atoms with Crippen LogP contribution in [0.25, 0.3) is 0 Å². The Bertz CT molecular complexity index is 61.0. The van der Waals surface area contributed by atoms with Crippen LogP contribution in [-0.2, 0) is 4.74 Å². The Balaban J connectivity index is 2.88. The molecule has 1 nitrogen and oxygen atoms in total. The first-order valence-electron chi connectivity index (χ1n) is 3.20. The molecule has 0 radical (unpaired) electrons. The molecule has 0 saturated heterocycles. The van der Waals surface area contributed by atoms with Gasteiger partial charge in [-0.3, -0.25) is 0 Å². The quantitative estimate of drug-likeness (QED) is 0.461. The number of halogens is 1. The zero-order valence-electron chi connectivity index (χ0n) is 5.89. The molecule has 0 rings (SSSR count). The molecule has 0 aliphatic heterocycles. The Morgan fingerprint density at radius 2 is 2.33 bits per heavy atom. The van der Waals surface area contributed by atoms with E-state index in [-0.39, 0.29) is 5.44 Å². The highest BCUT2D eigenvalue weighted by Gasteiger charge is 1.97. The molecule has 0 fully saturated rings. The molecule has 1 unspecified atom stereocenters. The molecular weight excluding hydrogens is 156 g/mol. The topological polar surface area (TPSA) is 9.23 Å². The SMILES string of the molecule is CCCCOC(C)SCl. The Labute approximate surface area is 65.6 Å². The average molecular weight is 169 g/mol. The van der Waals surface area contributed by atoms with Gasteiger partial charge in [0.15, 0.2) is 0 Å². The lowest BCUT2D eigenvalue weighted by Crippen LogP contribution is -2.01. The first-order chi connectivity index (χ1) is 4.31. The Morgan fingerprint density at radius 3 is 2.78 bits per heavy atom. The second kappa shape index (κ2) is 6.72. The molecule has 1 atom stereocenters. The van der Waals surface area contributed by atoms with Gasteiger partial charge in [-0.05, 0) is 35.0 Å². The second-order valence-corrected chi connectivity index (χ2v) is 3.26. The minimum absolute atomic E-state index is 0.137. The third-order valence-electron chi connectivity index (χ3n) is 0.976. The van der Waals surface area contributed by atoms with E-state index in [1.165, 1.54) is 17.4 Å². The van der Waals surface area contributed by atoms with Crippen molar-refractivity contribution >= 4 is 21.7 Å². The van der Waals surface area contributed by atoms with Crippen molar-refractivity contribution in [3.63, 3.8) is 0 Å². The molecule has 0 aromatic heterocycles. The highest BCUT2D eigenvalue weighted by Crippen LogP contribution is 2.15. The fourth-order valence-electron chi connectivity index (χ4n) is 0.419. The van der Waals surface area contributed by atoms with E-state index < -0.39 is 0 Å². The summed E-state index contributed by atoms with van der Waals surface area (Å²) in [4.78, 5) is 0. The molecule has 3 heteroatoms. The molecule has 0 heterocycles. The van der Waals surface area contributed by atoms with Gasteiger partial charge in [0.05, 0.1) is 0 Å². The summed E-state index contributed by atoms with van der Waals surface area (Å²) in [6.07, 6.45) is 2.31. The summed E-state index contributed by atoms with van der Waals surface area (Å²) in [5, 5.41) is 0. The van der Waals surface area contributed by atoms with E-state index in [1.807, 2.05) is 6.92 Å². The third kappa shape index (κ3) is 6.49. The molecule has 0 N–H and O–H groups in total. The van der Waals surface area contributed by atoms with Gasteiger partial charge in [0.25, 0.3) is 0 Å². The molecule has 0 aliphatic rings. The summed E-state index contributed by atoms with van der Waals surface area (Å²) in [6, 6.07) is 0. The monoisotopic (exact) mass is 168 g/mol. The fraction of sp³-hybridized carbons (Fsp3) is 1.00. The molecule has 56 valence electrons. The van der Waals surface area contributed by atoms with Gasteiger partial charge in [0.2, 0.25) is 0 Å². The summed E-state index contributed by atoms with van der Waals surface area (Å²) in [7, 11) is 6.65. The van der Waals surface area contributed by atoms with Gasteiger partial charge in [-0.1, -0.05) is 13.3 Å². The van der Waals surface area contributed by atoms with Gasteiger partial charge < -0.3 is 4.74 Å². The molecule has 0 spiro atoms. The average Bonchev–Trinajstić information content (AvgIpc) is 1.89. The summed E-state index contributed by atoms with van der Waals surface area (Å²) in [5.74, 6) is 0. The summed E-state index contributed by atoms with van der Waals surface area (Å²) in [6.45, 7) is 4.92. The summed E-state index contributed by atoms with van der Waals surface area (Å²) < 4.78 is 5.26. The zero-order chi connectivity index (χ0) is 7.11. The van der Waals surface area contributed by atoms with E-state index in [2.05, 4.69) is 6.92 Å². The Hall–Kier alpha value is 0.600. The van der Waals surface area contributed by atoms with E-state index >= 15 is 0 Å². The molecule has 0 aromatic rings. The number of hydrogen-bond donors (Lipinski definition) is 0. The van der Waals surface area contributed by atoms with Crippen molar-refractivity contribution in [3.8, 4) is 0 Å². The van der Waals surface area contributed by atoms with E-state index in [0.29, 0.717) is 0 Å². The number of rotatable bonds is 5. The van der Waals surface area contributed by atoms with Crippen molar-refractivity contribution in [2.45, 2.75) is 32.1 Å². The predicted octanol–water partition coefficient (Wildman–Crippen LogP) is 3.04. The lowest BCUT2D eigenvalue weighted by Gasteiger charge is -2.06. The molecule has 0 amide bonds. The van der Waals surface area contributed by atoms with Gasteiger partial charge in [-0.2, -0.15) is 0 Å². The van der Waals surface area contributed by atoms with Gasteiger partial charge in [0, 0.05) is 6.61 Å². The molecule has 0 aromatic carbocycles. The van der Waals surface area contributed by atoms with Gasteiger partial charge in [-0.15, -0.1) is 0 Å². The van der Waals surface area contributed by atoms with E-state index in [1.54, 1.807) is 0 Å². The minimum atomic E-state index is 0.137. The van der Waals surface area contributed by atoms with E-state index in [0.717, 1.165) is 13.0 Å². The van der Waals surface area contributed by atoms with Crippen molar-refractivity contribution in [2.75, 3.05) is 6.61 Å². The number of hydrogen-bond acceptors (Lipinski definition) is 2. The normalized spacial score (nSPS) is 13.7. The van der Waals surface area contributed by atoms with E-state index in [4.69, 9.17) is 15.4 Å². The lowest BCUT2D eigenvalue weighted by atomic mass is 10.4. The summed E-state index contributed by atoms with van der Waals surface area (Å²) in [5.41, 5.74) is 0.137. The smallest absolute Gasteiger partial charge is 0.115 e. The number of ether oxygens (including phenoxy) is 1. The van der Waals surface area contributed by atoms with Gasteiger partial charge >= 0.3 is 0 Å². The molecule has 0 bridgehead atoms. The van der Waals surface area contributed by atoms with Crippen LogP contribution in [0.4, 0.5) is 0 Å². The van der Waals surface area contributed by atoms with Crippen LogP contribution in [0.3, 0.4) is 0 Å². The van der Waals surface area contributed by atoms with Crippen LogP contribution in [0, 0.1) is 0 Å². The van der Waals surface area contributed by atoms with Crippen LogP contribution < -0.4 is 0 Å². The molecular formula is C6H13ClOS. The lowest BCUT2D eigenvalue weighted by molar-refractivity contribution is 0.122. The van der Waals surface area contributed by atoms with E-state index in [9.17, 15) is 0 Å². The van der Waals surface area contributed by atoms with Crippen LogP contribution in [-0.4, -0.2) is 12.0 Å². The maximum atomic E-state index is 5.42. The van der Waals surface area contributed by atoms with Crippen molar-refractivity contribution in [2.24, 2.45) is 0 Å². The third-order valence-corrected chi connectivity index (χ3v) is 2.12. The van der Waals surface area contributed by atoms with Crippen molar-refractivity contribution in [1.82, 2.24) is 0 Å². The fourth-order valence-corrected chi connectivity index (χ4v) is 0.721. The maximum Gasteiger partial charge on any atom is 0.115 e. The van der Waals surface area contributed by atoms with Crippen molar-refractivity contribution in [3.05, 3.63) is 0 Å². The van der Waals surface area contributed by atoms with Crippen LogP contribution >= 0.6 is 21.7 Å². The van der Waals surface area contributed by atoms with Crippen LogP contribution in [0.2, 0.25) is 0 Å². The highest BCUT2D eigenvalue weighted by atomic mass is 35.7. The van der Waals surface area contributed by atoms with Crippen LogP contribution in [0.5, 0.6) is 0 Å². The first kappa shape index (κ1) is 9.60. The molecule has 0 saturated carbocycles. The van der Waals surface area contributed by atoms with Crippen molar-refractivity contribution < 1.29 is 4.74 Å². The van der Waals surface area contributed by atoms with Gasteiger partial charge in [0.1, 0.15) is 5.44 Å². The standard InChI is InChI=1S/C6H13ClOS/c1-3-4-5-8-6(2)9-7/h6H,3-5H2,1-2H3. The Kier molecular flexibility index (Phi) is 7.16. The van der Waals surface area contributed by atoms with Crippen LogP contribution in [0.1, 0.15) is 26.7 Å². The maximum absolute atomic E-state index is 5.42. The molecule has 9 heavy (non-hydrogen) atoms. The van der Waals surface area contributed by atoms with Gasteiger partial charge in [-0.25, -0.2) is 0 Å². The largest absolute Gasteiger partial charge is 0.367 e. The number of unbranched alkanes of at least 4 members (excludes halogenated alkanes) is 1. The van der Waals surface area contributed by atoms with Crippen LogP contribution in [0.15, 0.2) is 0 Å².